The molecular weight excluding hydrogens is 429 g/mol. The second kappa shape index (κ2) is 9.00. The Labute approximate surface area is 187 Å². The Balaban J connectivity index is 1.48. The molecule has 1 N–H and O–H groups in total. The van der Waals surface area contributed by atoms with E-state index in [9.17, 15) is 17.6 Å². The van der Waals surface area contributed by atoms with Crippen LogP contribution < -0.4 is 9.62 Å². The highest BCUT2D eigenvalue weighted by Gasteiger charge is 2.24. The van der Waals surface area contributed by atoms with E-state index in [4.69, 9.17) is 0 Å². The summed E-state index contributed by atoms with van der Waals surface area (Å²) in [5.41, 5.74) is 2.02. The van der Waals surface area contributed by atoms with Gasteiger partial charge in [0.1, 0.15) is 5.82 Å². The molecule has 0 atom stereocenters. The Morgan fingerprint density at radius 3 is 2.25 bits per heavy atom. The SMILES string of the molecule is Cc1ccc(C(=O)N2CCN(c3ccccc3F)CC2)cc1NS(=O)(=O)c1ccccc1. The van der Waals surface area contributed by atoms with E-state index < -0.39 is 10.0 Å². The summed E-state index contributed by atoms with van der Waals surface area (Å²) in [5, 5.41) is 0. The molecule has 0 saturated carbocycles. The van der Waals surface area contributed by atoms with E-state index in [0.29, 0.717) is 48.7 Å². The lowest BCUT2D eigenvalue weighted by atomic mass is 10.1. The molecule has 3 aromatic rings. The number of hydrogen-bond donors (Lipinski definition) is 1. The van der Waals surface area contributed by atoms with Gasteiger partial charge in [0.2, 0.25) is 0 Å². The first kappa shape index (κ1) is 21.8. The normalized spacial score (nSPS) is 14.3. The average Bonchev–Trinajstić information content (AvgIpc) is 2.81. The molecular formula is C24H24FN3O3S. The highest BCUT2D eigenvalue weighted by molar-refractivity contribution is 7.92. The molecule has 1 fully saturated rings. The van der Waals surface area contributed by atoms with Gasteiger partial charge in [-0.2, -0.15) is 0 Å². The van der Waals surface area contributed by atoms with E-state index in [0.717, 1.165) is 0 Å². The van der Waals surface area contributed by atoms with Gasteiger partial charge in [-0.05, 0) is 48.9 Å². The molecule has 6 nitrogen and oxygen atoms in total. The number of nitrogens with one attached hydrogen (secondary N) is 1. The zero-order valence-corrected chi connectivity index (χ0v) is 18.5. The first-order valence-electron chi connectivity index (χ1n) is 10.3. The van der Waals surface area contributed by atoms with Gasteiger partial charge in [-0.25, -0.2) is 12.8 Å². The molecule has 0 unspecified atom stereocenters. The van der Waals surface area contributed by atoms with Crippen molar-refractivity contribution in [2.75, 3.05) is 35.8 Å². The van der Waals surface area contributed by atoms with Crippen molar-refractivity contribution in [1.82, 2.24) is 4.90 Å². The van der Waals surface area contributed by atoms with E-state index in [1.165, 1.54) is 18.2 Å². The highest BCUT2D eigenvalue weighted by Crippen LogP contribution is 2.24. The minimum atomic E-state index is -3.76. The average molecular weight is 454 g/mol. The first-order chi connectivity index (χ1) is 15.3. The van der Waals surface area contributed by atoms with Crippen molar-refractivity contribution in [2.24, 2.45) is 0 Å². The Hall–Kier alpha value is -3.39. The number of para-hydroxylation sites is 1. The second-order valence-electron chi connectivity index (χ2n) is 7.68. The maximum absolute atomic E-state index is 14.1. The van der Waals surface area contributed by atoms with Crippen molar-refractivity contribution in [3.63, 3.8) is 0 Å². The number of benzene rings is 3. The van der Waals surface area contributed by atoms with Gasteiger partial charge < -0.3 is 9.80 Å². The van der Waals surface area contributed by atoms with Crippen molar-refractivity contribution >= 4 is 27.3 Å². The lowest BCUT2D eigenvalue weighted by Gasteiger charge is -2.36. The predicted molar refractivity (Wildman–Crippen MR) is 123 cm³/mol. The van der Waals surface area contributed by atoms with Gasteiger partial charge in [-0.3, -0.25) is 9.52 Å². The van der Waals surface area contributed by atoms with Crippen molar-refractivity contribution in [2.45, 2.75) is 11.8 Å². The van der Waals surface area contributed by atoms with Crippen LogP contribution in [0.4, 0.5) is 15.8 Å². The van der Waals surface area contributed by atoms with Crippen LogP contribution in [0.2, 0.25) is 0 Å². The van der Waals surface area contributed by atoms with Crippen LogP contribution in [-0.2, 0) is 10.0 Å². The van der Waals surface area contributed by atoms with Gasteiger partial charge in [0.25, 0.3) is 15.9 Å². The zero-order valence-electron chi connectivity index (χ0n) is 17.7. The number of amides is 1. The number of sulfonamides is 1. The van der Waals surface area contributed by atoms with Crippen molar-refractivity contribution < 1.29 is 17.6 Å². The summed E-state index contributed by atoms with van der Waals surface area (Å²) in [6.07, 6.45) is 0. The van der Waals surface area contributed by atoms with Crippen LogP contribution in [0.15, 0.2) is 77.7 Å². The summed E-state index contributed by atoms with van der Waals surface area (Å²) in [6.45, 7) is 3.72. The van der Waals surface area contributed by atoms with Crippen LogP contribution in [0.5, 0.6) is 0 Å². The molecule has 32 heavy (non-hydrogen) atoms. The zero-order chi connectivity index (χ0) is 22.7. The third kappa shape index (κ3) is 4.60. The molecule has 1 heterocycles. The number of carbonyl (C=O) groups excluding carboxylic acids is 1. The molecule has 4 rings (SSSR count). The van der Waals surface area contributed by atoms with Crippen LogP contribution in [0.3, 0.4) is 0 Å². The van der Waals surface area contributed by atoms with Gasteiger partial charge in [0, 0.05) is 31.7 Å². The number of hydrogen-bond acceptors (Lipinski definition) is 4. The van der Waals surface area contributed by atoms with Crippen LogP contribution in [-0.4, -0.2) is 45.4 Å². The van der Waals surface area contributed by atoms with E-state index in [-0.39, 0.29) is 16.6 Å². The van der Waals surface area contributed by atoms with Crippen LogP contribution in [0.1, 0.15) is 15.9 Å². The van der Waals surface area contributed by atoms with Crippen molar-refractivity contribution in [3.8, 4) is 0 Å². The third-order valence-electron chi connectivity index (χ3n) is 5.54. The minimum absolute atomic E-state index is 0.153. The van der Waals surface area contributed by atoms with Gasteiger partial charge in [-0.1, -0.05) is 36.4 Å². The largest absolute Gasteiger partial charge is 0.366 e. The van der Waals surface area contributed by atoms with E-state index in [1.54, 1.807) is 66.4 Å². The maximum atomic E-state index is 14.1. The molecule has 0 aromatic heterocycles. The molecule has 0 spiro atoms. The fourth-order valence-electron chi connectivity index (χ4n) is 3.71. The number of carbonyl (C=O) groups is 1. The standard InChI is InChI=1S/C24H24FN3O3S/c1-18-11-12-19(17-22(18)26-32(30,31)20-7-3-2-4-8-20)24(29)28-15-13-27(14-16-28)23-10-6-5-9-21(23)25/h2-12,17,26H,13-16H2,1H3. The number of anilines is 2. The summed E-state index contributed by atoms with van der Waals surface area (Å²) in [6, 6.07) is 19.7. The monoisotopic (exact) mass is 453 g/mol. The van der Waals surface area contributed by atoms with E-state index >= 15 is 0 Å². The summed E-state index contributed by atoms with van der Waals surface area (Å²) in [5.74, 6) is -0.459. The second-order valence-corrected chi connectivity index (χ2v) is 9.36. The molecule has 1 saturated heterocycles. The molecule has 166 valence electrons. The molecule has 8 heteroatoms. The van der Waals surface area contributed by atoms with E-state index in [2.05, 4.69) is 4.72 Å². The minimum Gasteiger partial charge on any atom is -0.366 e. The van der Waals surface area contributed by atoms with Crippen LogP contribution >= 0.6 is 0 Å². The fourth-order valence-corrected chi connectivity index (χ4v) is 4.85. The fraction of sp³-hybridized carbons (Fsp3) is 0.208. The molecule has 0 bridgehead atoms. The lowest BCUT2D eigenvalue weighted by molar-refractivity contribution is 0.0746. The van der Waals surface area contributed by atoms with Crippen LogP contribution in [0.25, 0.3) is 0 Å². The molecule has 1 aliphatic rings. The Bertz CT molecular complexity index is 1220. The molecule has 1 aliphatic heterocycles. The Morgan fingerprint density at radius 2 is 1.56 bits per heavy atom. The van der Waals surface area contributed by atoms with Gasteiger partial charge in [0.15, 0.2) is 0 Å². The van der Waals surface area contributed by atoms with Crippen molar-refractivity contribution in [1.29, 1.82) is 0 Å². The lowest BCUT2D eigenvalue weighted by Crippen LogP contribution is -2.49. The molecule has 0 aliphatic carbocycles. The number of piperazine rings is 1. The summed E-state index contributed by atoms with van der Waals surface area (Å²) in [4.78, 5) is 16.8. The quantitative estimate of drug-likeness (QED) is 0.636. The van der Waals surface area contributed by atoms with Gasteiger partial charge in [0.05, 0.1) is 16.3 Å². The van der Waals surface area contributed by atoms with Crippen molar-refractivity contribution in [3.05, 3.63) is 89.7 Å². The highest BCUT2D eigenvalue weighted by atomic mass is 32.2. The summed E-state index contributed by atoms with van der Waals surface area (Å²) in [7, 11) is -3.76. The number of halogens is 1. The number of aryl methyl sites for hydroxylation is 1. The summed E-state index contributed by atoms with van der Waals surface area (Å²) >= 11 is 0. The summed E-state index contributed by atoms with van der Waals surface area (Å²) < 4.78 is 42.0. The Kier molecular flexibility index (Phi) is 6.14. The van der Waals surface area contributed by atoms with Gasteiger partial charge >= 0.3 is 0 Å². The van der Waals surface area contributed by atoms with E-state index in [1.807, 2.05) is 4.90 Å². The number of nitrogens with zero attached hydrogens (tertiary/aromatic N) is 2. The molecule has 0 radical (unpaired) electrons. The first-order valence-corrected chi connectivity index (χ1v) is 11.8. The molecule has 3 aromatic carbocycles. The smallest absolute Gasteiger partial charge is 0.261 e. The predicted octanol–water partition coefficient (Wildman–Crippen LogP) is 3.90. The molecule has 1 amide bonds. The topological polar surface area (TPSA) is 69.7 Å². The third-order valence-corrected chi connectivity index (χ3v) is 6.92. The Morgan fingerprint density at radius 1 is 0.906 bits per heavy atom. The maximum Gasteiger partial charge on any atom is 0.261 e. The van der Waals surface area contributed by atoms with Crippen LogP contribution in [0, 0.1) is 12.7 Å². The number of rotatable bonds is 5. The van der Waals surface area contributed by atoms with Gasteiger partial charge in [-0.15, -0.1) is 0 Å².